The highest BCUT2D eigenvalue weighted by molar-refractivity contribution is 6.30. The van der Waals surface area contributed by atoms with Crippen LogP contribution >= 0.6 is 11.6 Å². The van der Waals surface area contributed by atoms with Gasteiger partial charge in [-0.15, -0.1) is 6.58 Å². The Kier molecular flexibility index (Phi) is 8.82. The summed E-state index contributed by atoms with van der Waals surface area (Å²) in [7, 11) is 0. The molecule has 4 rings (SSSR count). The number of benzene rings is 3. The van der Waals surface area contributed by atoms with E-state index in [1.807, 2.05) is 61.7 Å². The van der Waals surface area contributed by atoms with Crippen LogP contribution in [0.1, 0.15) is 23.6 Å². The zero-order chi connectivity index (χ0) is 24.5. The number of ether oxygens (including phenoxy) is 3. The SMILES string of the molecule is C=CCc1cc(C=Nc2ccc(N3CCOCC3)cc2)cc(OCC)c1OCc1ccc(Cl)cc1. The first kappa shape index (κ1) is 24.8. The number of rotatable bonds is 10. The van der Waals surface area contributed by atoms with Gasteiger partial charge >= 0.3 is 0 Å². The molecule has 0 atom stereocenters. The molecule has 1 heterocycles. The highest BCUT2D eigenvalue weighted by atomic mass is 35.5. The van der Waals surface area contributed by atoms with Gasteiger partial charge < -0.3 is 19.1 Å². The number of aliphatic imine (C=N–C) groups is 1. The lowest BCUT2D eigenvalue weighted by atomic mass is 10.1. The van der Waals surface area contributed by atoms with Gasteiger partial charge in [0.05, 0.1) is 25.5 Å². The molecule has 1 aliphatic heterocycles. The molecule has 0 N–H and O–H groups in total. The predicted molar refractivity (Wildman–Crippen MR) is 144 cm³/mol. The molecule has 3 aromatic carbocycles. The molecule has 1 saturated heterocycles. The van der Waals surface area contributed by atoms with Gasteiger partial charge in [-0.25, -0.2) is 0 Å². The lowest BCUT2D eigenvalue weighted by Gasteiger charge is -2.28. The number of morpholine rings is 1. The highest BCUT2D eigenvalue weighted by Crippen LogP contribution is 2.34. The van der Waals surface area contributed by atoms with E-state index in [0.29, 0.717) is 30.4 Å². The fraction of sp³-hybridized carbons (Fsp3) is 0.276. The Hall–Kier alpha value is -3.28. The van der Waals surface area contributed by atoms with Crippen LogP contribution in [-0.4, -0.2) is 39.1 Å². The molecule has 6 heteroatoms. The summed E-state index contributed by atoms with van der Waals surface area (Å²) in [5.74, 6) is 1.43. The van der Waals surface area contributed by atoms with E-state index in [1.54, 1.807) is 0 Å². The van der Waals surface area contributed by atoms with Crippen LogP contribution in [-0.2, 0) is 17.8 Å². The average molecular weight is 491 g/mol. The quantitative estimate of drug-likeness (QED) is 0.236. The van der Waals surface area contributed by atoms with Crippen molar-refractivity contribution in [3.63, 3.8) is 0 Å². The molecule has 35 heavy (non-hydrogen) atoms. The van der Waals surface area contributed by atoms with E-state index in [-0.39, 0.29) is 0 Å². The van der Waals surface area contributed by atoms with Gasteiger partial charge in [-0.1, -0.05) is 29.8 Å². The van der Waals surface area contributed by atoms with E-state index in [1.165, 1.54) is 5.69 Å². The molecule has 0 amide bonds. The van der Waals surface area contributed by atoms with E-state index < -0.39 is 0 Å². The number of hydrogen-bond donors (Lipinski definition) is 0. The van der Waals surface area contributed by atoms with Gasteiger partial charge in [0.25, 0.3) is 0 Å². The summed E-state index contributed by atoms with van der Waals surface area (Å²) in [6, 6.07) is 20.0. The van der Waals surface area contributed by atoms with Gasteiger partial charge in [-0.3, -0.25) is 4.99 Å². The van der Waals surface area contributed by atoms with Crippen molar-refractivity contribution in [2.24, 2.45) is 4.99 Å². The predicted octanol–water partition coefficient (Wildman–Crippen LogP) is 6.63. The molecule has 0 saturated carbocycles. The van der Waals surface area contributed by atoms with E-state index in [2.05, 4.69) is 29.7 Å². The number of halogens is 1. The lowest BCUT2D eigenvalue weighted by Crippen LogP contribution is -2.36. The molecule has 3 aromatic rings. The van der Waals surface area contributed by atoms with Crippen molar-refractivity contribution in [3.8, 4) is 11.5 Å². The van der Waals surface area contributed by atoms with Crippen LogP contribution in [0.25, 0.3) is 0 Å². The van der Waals surface area contributed by atoms with E-state index >= 15 is 0 Å². The smallest absolute Gasteiger partial charge is 0.165 e. The zero-order valence-corrected chi connectivity index (χ0v) is 20.8. The number of hydrogen-bond acceptors (Lipinski definition) is 5. The molecular weight excluding hydrogens is 460 g/mol. The van der Waals surface area contributed by atoms with E-state index in [0.717, 1.165) is 54.4 Å². The largest absolute Gasteiger partial charge is 0.490 e. The number of anilines is 1. The van der Waals surface area contributed by atoms with Crippen molar-refractivity contribution < 1.29 is 14.2 Å². The lowest BCUT2D eigenvalue weighted by molar-refractivity contribution is 0.122. The Balaban J connectivity index is 1.53. The van der Waals surface area contributed by atoms with Gasteiger partial charge in [0.15, 0.2) is 11.5 Å². The second-order valence-electron chi connectivity index (χ2n) is 8.22. The summed E-state index contributed by atoms with van der Waals surface area (Å²) in [5, 5.41) is 0.704. The summed E-state index contributed by atoms with van der Waals surface area (Å²) in [5.41, 5.74) is 5.08. The Morgan fingerprint density at radius 3 is 2.46 bits per heavy atom. The van der Waals surface area contributed by atoms with Gasteiger partial charge in [0.1, 0.15) is 6.61 Å². The normalized spacial score (nSPS) is 13.7. The third-order valence-electron chi connectivity index (χ3n) is 5.70. The standard InChI is InChI=1S/C29H31ClN2O3/c1-3-5-24-18-23(20-31-26-10-12-27(13-11-26)32-14-16-33-17-15-32)19-28(34-4-2)29(24)35-21-22-6-8-25(30)9-7-22/h3,6-13,18-20H,1,4-5,14-17,21H2,2H3. The summed E-state index contributed by atoms with van der Waals surface area (Å²) in [6.45, 7) is 10.2. The van der Waals surface area contributed by atoms with Crippen LogP contribution in [0.2, 0.25) is 5.02 Å². The van der Waals surface area contributed by atoms with Gasteiger partial charge in [-0.05, 0) is 73.0 Å². The number of allylic oxidation sites excluding steroid dienone is 1. The van der Waals surface area contributed by atoms with Crippen molar-refractivity contribution in [2.45, 2.75) is 20.0 Å². The summed E-state index contributed by atoms with van der Waals surface area (Å²) >= 11 is 6.01. The Morgan fingerprint density at radius 1 is 1.03 bits per heavy atom. The van der Waals surface area contributed by atoms with Crippen molar-refractivity contribution in [3.05, 3.63) is 95.0 Å². The van der Waals surface area contributed by atoms with Crippen molar-refractivity contribution in [1.29, 1.82) is 0 Å². The highest BCUT2D eigenvalue weighted by Gasteiger charge is 2.14. The molecule has 1 aliphatic rings. The van der Waals surface area contributed by atoms with Crippen molar-refractivity contribution in [2.75, 3.05) is 37.8 Å². The van der Waals surface area contributed by atoms with E-state index in [4.69, 9.17) is 30.8 Å². The van der Waals surface area contributed by atoms with Crippen LogP contribution in [0, 0.1) is 0 Å². The minimum Gasteiger partial charge on any atom is -0.490 e. The van der Waals surface area contributed by atoms with Crippen LogP contribution in [0.3, 0.4) is 0 Å². The topological polar surface area (TPSA) is 43.3 Å². The Bertz CT molecular complexity index is 1140. The molecular formula is C29H31ClN2O3. The molecule has 0 unspecified atom stereocenters. The summed E-state index contributed by atoms with van der Waals surface area (Å²) in [6.07, 6.45) is 4.39. The fourth-order valence-electron chi connectivity index (χ4n) is 3.95. The first-order valence-electron chi connectivity index (χ1n) is 11.9. The van der Waals surface area contributed by atoms with Gasteiger partial charge in [0, 0.05) is 35.6 Å². The fourth-order valence-corrected chi connectivity index (χ4v) is 4.07. The minimum absolute atomic E-state index is 0.421. The third kappa shape index (κ3) is 6.87. The second kappa shape index (κ2) is 12.4. The molecule has 0 bridgehead atoms. The maximum atomic E-state index is 6.21. The molecule has 182 valence electrons. The third-order valence-corrected chi connectivity index (χ3v) is 5.96. The van der Waals surface area contributed by atoms with Crippen LogP contribution in [0.4, 0.5) is 11.4 Å². The van der Waals surface area contributed by atoms with Crippen LogP contribution in [0.15, 0.2) is 78.3 Å². The minimum atomic E-state index is 0.421. The molecule has 0 aliphatic carbocycles. The maximum absolute atomic E-state index is 6.21. The Labute approximate surface area is 212 Å². The summed E-state index contributed by atoms with van der Waals surface area (Å²) in [4.78, 5) is 7.02. The first-order valence-corrected chi connectivity index (χ1v) is 12.3. The van der Waals surface area contributed by atoms with Crippen LogP contribution < -0.4 is 14.4 Å². The molecule has 0 spiro atoms. The van der Waals surface area contributed by atoms with Crippen LogP contribution in [0.5, 0.6) is 11.5 Å². The molecule has 0 radical (unpaired) electrons. The summed E-state index contributed by atoms with van der Waals surface area (Å²) < 4.78 is 17.6. The molecule has 1 fully saturated rings. The van der Waals surface area contributed by atoms with Crippen molar-refractivity contribution >= 4 is 29.2 Å². The monoisotopic (exact) mass is 490 g/mol. The van der Waals surface area contributed by atoms with Gasteiger partial charge in [-0.2, -0.15) is 0 Å². The maximum Gasteiger partial charge on any atom is 0.165 e. The van der Waals surface area contributed by atoms with E-state index in [9.17, 15) is 0 Å². The average Bonchev–Trinajstić information content (AvgIpc) is 2.89. The first-order chi connectivity index (χ1) is 17.2. The van der Waals surface area contributed by atoms with Gasteiger partial charge in [0.2, 0.25) is 0 Å². The Morgan fingerprint density at radius 2 is 1.77 bits per heavy atom. The van der Waals surface area contributed by atoms with Crippen molar-refractivity contribution in [1.82, 2.24) is 0 Å². The molecule has 5 nitrogen and oxygen atoms in total. The molecule has 0 aromatic heterocycles. The second-order valence-corrected chi connectivity index (χ2v) is 8.66. The zero-order valence-electron chi connectivity index (χ0n) is 20.1. The number of nitrogens with zero attached hydrogens (tertiary/aromatic N) is 2.